The number of hydrogen-bond donors (Lipinski definition) is 0. The van der Waals surface area contributed by atoms with Gasteiger partial charge in [0.15, 0.2) is 0 Å². The fourth-order valence-corrected chi connectivity index (χ4v) is 2.07. The van der Waals surface area contributed by atoms with Gasteiger partial charge in [0.2, 0.25) is 17.2 Å². The average Bonchev–Trinajstić information content (AvgIpc) is 2.53. The summed E-state index contributed by atoms with van der Waals surface area (Å²) in [7, 11) is 5.92. The summed E-state index contributed by atoms with van der Waals surface area (Å²) in [6.07, 6.45) is 1.11. The van der Waals surface area contributed by atoms with Gasteiger partial charge in [-0.15, -0.1) is 0 Å². The standard InChI is InChI=1S/C11H19ClN6/c1-16(2)10-13-9(12)14-11(15-10)18-6-4-5-17(3)7-8-18/h4-8H2,1-3H3. The van der Waals surface area contributed by atoms with E-state index in [0.717, 1.165) is 32.6 Å². The van der Waals surface area contributed by atoms with E-state index in [1.807, 2.05) is 19.0 Å². The lowest BCUT2D eigenvalue weighted by Gasteiger charge is -2.21. The van der Waals surface area contributed by atoms with Crippen LogP contribution in [0.25, 0.3) is 0 Å². The number of anilines is 2. The van der Waals surface area contributed by atoms with Gasteiger partial charge in [0, 0.05) is 33.7 Å². The first kappa shape index (κ1) is 13.3. The fraction of sp³-hybridized carbons (Fsp3) is 0.727. The van der Waals surface area contributed by atoms with Crippen molar-refractivity contribution >= 4 is 23.5 Å². The molecule has 18 heavy (non-hydrogen) atoms. The van der Waals surface area contributed by atoms with Crippen LogP contribution in [0.15, 0.2) is 0 Å². The van der Waals surface area contributed by atoms with E-state index in [1.165, 1.54) is 0 Å². The van der Waals surface area contributed by atoms with Gasteiger partial charge in [-0.05, 0) is 31.6 Å². The zero-order valence-corrected chi connectivity index (χ0v) is 11.9. The number of nitrogens with zero attached hydrogens (tertiary/aromatic N) is 6. The van der Waals surface area contributed by atoms with Crippen LogP contribution in [0.3, 0.4) is 0 Å². The van der Waals surface area contributed by atoms with E-state index in [4.69, 9.17) is 11.6 Å². The number of rotatable bonds is 2. The van der Waals surface area contributed by atoms with Crippen LogP contribution in [0, 0.1) is 0 Å². The van der Waals surface area contributed by atoms with Crippen LogP contribution in [-0.4, -0.2) is 67.2 Å². The molecular formula is C11H19ClN6. The summed E-state index contributed by atoms with van der Waals surface area (Å²) in [4.78, 5) is 19.1. The van der Waals surface area contributed by atoms with Crippen molar-refractivity contribution in [2.45, 2.75) is 6.42 Å². The number of aromatic nitrogens is 3. The van der Waals surface area contributed by atoms with Gasteiger partial charge in [-0.2, -0.15) is 15.0 Å². The summed E-state index contributed by atoms with van der Waals surface area (Å²) in [5.41, 5.74) is 0. The maximum absolute atomic E-state index is 5.96. The van der Waals surface area contributed by atoms with Crippen LogP contribution in [0.1, 0.15) is 6.42 Å². The molecule has 0 atom stereocenters. The molecule has 0 N–H and O–H groups in total. The van der Waals surface area contributed by atoms with Gasteiger partial charge in [0.25, 0.3) is 0 Å². The Labute approximate surface area is 113 Å². The molecule has 7 heteroatoms. The smallest absolute Gasteiger partial charge is 0.231 e. The summed E-state index contributed by atoms with van der Waals surface area (Å²) in [5.74, 6) is 1.27. The lowest BCUT2D eigenvalue weighted by atomic mass is 10.4. The van der Waals surface area contributed by atoms with E-state index in [2.05, 4.69) is 31.8 Å². The summed E-state index contributed by atoms with van der Waals surface area (Å²) in [5, 5.41) is 0.251. The van der Waals surface area contributed by atoms with E-state index in [1.54, 1.807) is 0 Å². The van der Waals surface area contributed by atoms with Crippen molar-refractivity contribution in [3.63, 3.8) is 0 Å². The molecule has 0 amide bonds. The van der Waals surface area contributed by atoms with Crippen molar-refractivity contribution in [3.05, 3.63) is 5.28 Å². The van der Waals surface area contributed by atoms with Crippen molar-refractivity contribution in [1.29, 1.82) is 0 Å². The first-order valence-electron chi connectivity index (χ1n) is 6.08. The van der Waals surface area contributed by atoms with E-state index in [0.29, 0.717) is 11.9 Å². The highest BCUT2D eigenvalue weighted by Crippen LogP contribution is 2.16. The molecule has 1 aromatic rings. The third kappa shape index (κ3) is 3.20. The Morgan fingerprint density at radius 3 is 2.56 bits per heavy atom. The van der Waals surface area contributed by atoms with Crippen LogP contribution in [0.2, 0.25) is 5.28 Å². The fourth-order valence-electron chi connectivity index (χ4n) is 1.92. The predicted molar refractivity (Wildman–Crippen MR) is 73.5 cm³/mol. The summed E-state index contributed by atoms with van der Waals surface area (Å²) >= 11 is 5.96. The summed E-state index contributed by atoms with van der Waals surface area (Å²) < 4.78 is 0. The third-order valence-electron chi connectivity index (χ3n) is 2.99. The van der Waals surface area contributed by atoms with Crippen LogP contribution >= 0.6 is 11.6 Å². The highest BCUT2D eigenvalue weighted by molar-refractivity contribution is 6.28. The van der Waals surface area contributed by atoms with Crippen molar-refractivity contribution in [1.82, 2.24) is 19.9 Å². The second-order valence-corrected chi connectivity index (χ2v) is 5.08. The molecule has 1 aliphatic heterocycles. The normalized spacial score (nSPS) is 17.7. The summed E-state index contributed by atoms with van der Waals surface area (Å²) in [6.45, 7) is 4.00. The highest BCUT2D eigenvalue weighted by atomic mass is 35.5. The Morgan fingerprint density at radius 2 is 1.83 bits per heavy atom. The Balaban J connectivity index is 2.21. The molecule has 1 aliphatic rings. The molecule has 2 heterocycles. The SMILES string of the molecule is CN1CCCN(c2nc(Cl)nc(N(C)C)n2)CC1. The van der Waals surface area contributed by atoms with Crippen LogP contribution in [-0.2, 0) is 0 Å². The van der Waals surface area contributed by atoms with E-state index in [-0.39, 0.29) is 5.28 Å². The largest absolute Gasteiger partial charge is 0.347 e. The minimum atomic E-state index is 0.251. The molecule has 1 fully saturated rings. The highest BCUT2D eigenvalue weighted by Gasteiger charge is 2.17. The Kier molecular flexibility index (Phi) is 4.19. The van der Waals surface area contributed by atoms with E-state index >= 15 is 0 Å². The molecule has 1 aromatic heterocycles. The monoisotopic (exact) mass is 270 g/mol. The van der Waals surface area contributed by atoms with E-state index < -0.39 is 0 Å². The molecule has 2 rings (SSSR count). The van der Waals surface area contributed by atoms with Crippen molar-refractivity contribution < 1.29 is 0 Å². The molecule has 100 valence electrons. The van der Waals surface area contributed by atoms with Gasteiger partial charge in [-0.1, -0.05) is 0 Å². The first-order valence-corrected chi connectivity index (χ1v) is 6.46. The predicted octanol–water partition coefficient (Wildman–Crippen LogP) is 0.733. The zero-order valence-electron chi connectivity index (χ0n) is 11.1. The Bertz CT molecular complexity index is 411. The maximum Gasteiger partial charge on any atom is 0.231 e. The van der Waals surface area contributed by atoms with Crippen molar-refractivity contribution in [3.8, 4) is 0 Å². The van der Waals surface area contributed by atoms with Crippen LogP contribution < -0.4 is 9.80 Å². The Hall–Kier alpha value is -1.14. The Morgan fingerprint density at radius 1 is 1.06 bits per heavy atom. The van der Waals surface area contributed by atoms with Gasteiger partial charge >= 0.3 is 0 Å². The molecular weight excluding hydrogens is 252 g/mol. The molecule has 0 saturated carbocycles. The molecule has 0 radical (unpaired) electrons. The molecule has 0 aromatic carbocycles. The zero-order chi connectivity index (χ0) is 13.1. The second kappa shape index (κ2) is 5.67. The lowest BCUT2D eigenvalue weighted by Crippen LogP contribution is -2.30. The van der Waals surface area contributed by atoms with Gasteiger partial charge in [-0.3, -0.25) is 0 Å². The van der Waals surface area contributed by atoms with Gasteiger partial charge < -0.3 is 14.7 Å². The van der Waals surface area contributed by atoms with Gasteiger partial charge in [0.1, 0.15) is 0 Å². The minimum Gasteiger partial charge on any atom is -0.347 e. The number of likely N-dealkylation sites (N-methyl/N-ethyl adjacent to an activating group) is 1. The molecule has 1 saturated heterocycles. The molecule has 0 unspecified atom stereocenters. The van der Waals surface area contributed by atoms with Gasteiger partial charge in [-0.25, -0.2) is 0 Å². The number of halogens is 1. The number of hydrogen-bond acceptors (Lipinski definition) is 6. The first-order chi connectivity index (χ1) is 8.56. The van der Waals surface area contributed by atoms with Crippen LogP contribution in [0.4, 0.5) is 11.9 Å². The lowest BCUT2D eigenvalue weighted by molar-refractivity contribution is 0.360. The van der Waals surface area contributed by atoms with Gasteiger partial charge in [0.05, 0.1) is 0 Å². The third-order valence-corrected chi connectivity index (χ3v) is 3.16. The second-order valence-electron chi connectivity index (χ2n) is 4.74. The quantitative estimate of drug-likeness (QED) is 0.790. The summed E-state index contributed by atoms with van der Waals surface area (Å²) in [6, 6.07) is 0. The topological polar surface area (TPSA) is 48.4 Å². The average molecular weight is 271 g/mol. The maximum atomic E-state index is 5.96. The molecule has 6 nitrogen and oxygen atoms in total. The van der Waals surface area contributed by atoms with Crippen LogP contribution in [0.5, 0.6) is 0 Å². The van der Waals surface area contributed by atoms with Crippen molar-refractivity contribution in [2.24, 2.45) is 0 Å². The minimum absolute atomic E-state index is 0.251. The van der Waals surface area contributed by atoms with Crippen molar-refractivity contribution in [2.75, 3.05) is 57.1 Å². The molecule has 0 bridgehead atoms. The van der Waals surface area contributed by atoms with E-state index in [9.17, 15) is 0 Å². The molecule has 0 aliphatic carbocycles. The molecule has 0 spiro atoms.